The third kappa shape index (κ3) is 3.31. The van der Waals surface area contributed by atoms with Gasteiger partial charge in [-0.1, -0.05) is 22.8 Å². The molecule has 3 rings (SSSR count). The largest absolute Gasteiger partial charge is 0.339 e. The summed E-state index contributed by atoms with van der Waals surface area (Å²) in [5, 5.41) is 4.29. The van der Waals surface area contributed by atoms with Crippen LogP contribution in [0.5, 0.6) is 0 Å². The van der Waals surface area contributed by atoms with Gasteiger partial charge in [0.1, 0.15) is 4.90 Å². The highest BCUT2D eigenvalue weighted by molar-refractivity contribution is 7.93. The van der Waals surface area contributed by atoms with Gasteiger partial charge in [0.05, 0.1) is 10.6 Å². The van der Waals surface area contributed by atoms with Crippen LogP contribution < -0.4 is 4.72 Å². The number of nitrogens with zero attached hydrogens (tertiary/aromatic N) is 2. The second kappa shape index (κ2) is 6.19. The topological polar surface area (TPSA) is 85.1 Å². The van der Waals surface area contributed by atoms with Crippen LogP contribution in [0.25, 0.3) is 10.7 Å². The van der Waals surface area contributed by atoms with Gasteiger partial charge in [-0.05, 0) is 37.6 Å². The summed E-state index contributed by atoms with van der Waals surface area (Å²) in [6, 6.07) is 6.60. The van der Waals surface area contributed by atoms with Crippen molar-refractivity contribution in [2.24, 2.45) is 0 Å². The molecule has 1 aromatic carbocycles. The number of thiophene rings is 1. The lowest BCUT2D eigenvalue weighted by Crippen LogP contribution is -2.13. The second-order valence-electron chi connectivity index (χ2n) is 5.23. The summed E-state index contributed by atoms with van der Waals surface area (Å²) in [6.45, 7) is 5.22. The van der Waals surface area contributed by atoms with Crippen molar-refractivity contribution in [1.29, 1.82) is 0 Å². The molecule has 0 atom stereocenters. The highest BCUT2D eigenvalue weighted by Crippen LogP contribution is 2.33. The average Bonchev–Trinajstić information content (AvgIpc) is 3.09. The summed E-state index contributed by atoms with van der Waals surface area (Å²) in [5.74, 6) is 0.800. The fraction of sp³-hybridized carbons (Fsp3) is 0.200. The van der Waals surface area contributed by atoms with Crippen molar-refractivity contribution < 1.29 is 12.9 Å². The molecular formula is C15H14ClN3O3S2. The lowest BCUT2D eigenvalue weighted by atomic mass is 10.2. The van der Waals surface area contributed by atoms with Gasteiger partial charge in [-0.25, -0.2) is 8.42 Å². The molecule has 0 amide bonds. The van der Waals surface area contributed by atoms with Gasteiger partial charge >= 0.3 is 0 Å². The van der Waals surface area contributed by atoms with Crippen molar-refractivity contribution in [3.63, 3.8) is 0 Å². The van der Waals surface area contributed by atoms with Crippen molar-refractivity contribution in [3.8, 4) is 10.7 Å². The van der Waals surface area contributed by atoms with Gasteiger partial charge in [0.2, 0.25) is 11.7 Å². The SMILES string of the molecule is Cc1nc(-c2cc(S(=O)(=O)Nc3cc(Cl)ccc3C)c(C)s2)no1. The molecule has 0 aliphatic carbocycles. The molecule has 126 valence electrons. The minimum Gasteiger partial charge on any atom is -0.339 e. The number of aromatic nitrogens is 2. The van der Waals surface area contributed by atoms with Crippen molar-refractivity contribution in [1.82, 2.24) is 10.1 Å². The number of hydrogen-bond acceptors (Lipinski definition) is 6. The van der Waals surface area contributed by atoms with Crippen LogP contribution in [0.4, 0.5) is 5.69 Å². The first-order valence-corrected chi connectivity index (χ1v) is 9.64. The van der Waals surface area contributed by atoms with Gasteiger partial charge in [-0.2, -0.15) is 4.98 Å². The minimum atomic E-state index is -3.75. The minimum absolute atomic E-state index is 0.185. The van der Waals surface area contributed by atoms with Crippen LogP contribution in [0.1, 0.15) is 16.3 Å². The number of rotatable bonds is 4. The van der Waals surface area contributed by atoms with Crippen molar-refractivity contribution >= 4 is 38.6 Å². The average molecular weight is 384 g/mol. The molecule has 0 unspecified atom stereocenters. The highest BCUT2D eigenvalue weighted by atomic mass is 35.5. The van der Waals surface area contributed by atoms with Crippen molar-refractivity contribution in [3.05, 3.63) is 45.6 Å². The van der Waals surface area contributed by atoms with E-state index in [9.17, 15) is 8.42 Å². The highest BCUT2D eigenvalue weighted by Gasteiger charge is 2.23. The maximum Gasteiger partial charge on any atom is 0.263 e. The summed E-state index contributed by atoms with van der Waals surface area (Å²) < 4.78 is 33.0. The zero-order valence-electron chi connectivity index (χ0n) is 13.1. The van der Waals surface area contributed by atoms with Crippen LogP contribution in [-0.2, 0) is 10.0 Å². The summed E-state index contributed by atoms with van der Waals surface area (Å²) in [5.41, 5.74) is 1.23. The standard InChI is InChI=1S/C15H14ClN3O3S2/c1-8-4-5-11(16)6-12(8)19-24(20,21)14-7-13(23-9(14)2)15-17-10(3)22-18-15/h4-7,19H,1-3H3. The number of aryl methyl sites for hydroxylation is 3. The second-order valence-corrected chi connectivity index (χ2v) is 8.58. The van der Waals surface area contributed by atoms with Gasteiger partial charge < -0.3 is 4.52 Å². The van der Waals surface area contributed by atoms with E-state index in [1.807, 2.05) is 6.92 Å². The maximum absolute atomic E-state index is 12.7. The van der Waals surface area contributed by atoms with Crippen molar-refractivity contribution in [2.75, 3.05) is 4.72 Å². The van der Waals surface area contributed by atoms with Crippen LogP contribution in [0.3, 0.4) is 0 Å². The van der Waals surface area contributed by atoms with E-state index in [1.165, 1.54) is 11.3 Å². The zero-order valence-corrected chi connectivity index (χ0v) is 15.5. The molecule has 0 fully saturated rings. The van der Waals surface area contributed by atoms with Crippen LogP contribution in [0.15, 0.2) is 33.7 Å². The van der Waals surface area contributed by atoms with E-state index in [4.69, 9.17) is 16.1 Å². The molecule has 3 aromatic rings. The van der Waals surface area contributed by atoms with Gasteiger partial charge in [0.15, 0.2) is 0 Å². The fourth-order valence-corrected chi connectivity index (χ4v) is 4.96. The maximum atomic E-state index is 12.7. The molecule has 0 aliphatic heterocycles. The third-order valence-electron chi connectivity index (χ3n) is 3.35. The van der Waals surface area contributed by atoms with Crippen LogP contribution in [-0.4, -0.2) is 18.6 Å². The molecule has 2 heterocycles. The van der Waals surface area contributed by atoms with Crippen molar-refractivity contribution in [2.45, 2.75) is 25.7 Å². The molecule has 0 bridgehead atoms. The Labute approximate surface area is 148 Å². The first-order valence-electron chi connectivity index (χ1n) is 6.96. The summed E-state index contributed by atoms with van der Waals surface area (Å²) >= 11 is 7.25. The molecule has 0 aliphatic rings. The monoisotopic (exact) mass is 383 g/mol. The van der Waals surface area contributed by atoms with Crippen LogP contribution in [0, 0.1) is 20.8 Å². The number of nitrogens with one attached hydrogen (secondary N) is 1. The molecule has 0 spiro atoms. The Bertz CT molecular complexity index is 1010. The molecule has 1 N–H and O–H groups in total. The van der Waals surface area contributed by atoms with E-state index in [0.29, 0.717) is 32.2 Å². The molecule has 0 saturated carbocycles. The summed E-state index contributed by atoms with van der Waals surface area (Å²) in [4.78, 5) is 5.58. The van der Waals surface area contributed by atoms with Crippen LogP contribution in [0.2, 0.25) is 5.02 Å². The Kier molecular flexibility index (Phi) is 4.37. The van der Waals surface area contributed by atoms with E-state index >= 15 is 0 Å². The number of benzene rings is 1. The fourth-order valence-electron chi connectivity index (χ4n) is 2.15. The summed E-state index contributed by atoms with van der Waals surface area (Å²) in [7, 11) is -3.75. The van der Waals surface area contributed by atoms with E-state index in [-0.39, 0.29) is 4.90 Å². The lowest BCUT2D eigenvalue weighted by Gasteiger charge is -2.10. The predicted octanol–water partition coefficient (Wildman–Crippen LogP) is 4.18. The van der Waals surface area contributed by atoms with Crippen LogP contribution >= 0.6 is 22.9 Å². The molecule has 2 aromatic heterocycles. The first-order chi connectivity index (χ1) is 11.3. The van der Waals surface area contributed by atoms with Gasteiger partial charge in [-0.3, -0.25) is 4.72 Å². The van der Waals surface area contributed by atoms with Gasteiger partial charge in [0.25, 0.3) is 10.0 Å². The summed E-state index contributed by atoms with van der Waals surface area (Å²) in [6.07, 6.45) is 0. The first kappa shape index (κ1) is 16.9. The Hall–Kier alpha value is -1.90. The molecule has 9 heteroatoms. The van der Waals surface area contributed by atoms with E-state index in [0.717, 1.165) is 5.56 Å². The molecular weight excluding hydrogens is 370 g/mol. The molecule has 0 radical (unpaired) electrons. The van der Waals surface area contributed by atoms with Gasteiger partial charge in [0, 0.05) is 16.8 Å². The number of anilines is 1. The molecule has 0 saturated heterocycles. The predicted molar refractivity (Wildman–Crippen MR) is 94.1 cm³/mol. The third-order valence-corrected chi connectivity index (χ3v) is 6.26. The number of hydrogen-bond donors (Lipinski definition) is 1. The molecule has 6 nitrogen and oxygen atoms in total. The Morgan fingerprint density at radius 2 is 1.96 bits per heavy atom. The quantitative estimate of drug-likeness (QED) is 0.730. The number of halogens is 1. The normalized spacial score (nSPS) is 11.7. The van der Waals surface area contributed by atoms with E-state index in [1.54, 1.807) is 38.1 Å². The molecule has 24 heavy (non-hydrogen) atoms. The smallest absolute Gasteiger partial charge is 0.263 e. The Morgan fingerprint density at radius 3 is 2.62 bits per heavy atom. The number of sulfonamides is 1. The zero-order chi connectivity index (χ0) is 17.5. The Balaban J connectivity index is 1.98. The lowest BCUT2D eigenvalue weighted by molar-refractivity contribution is 0.394. The van der Waals surface area contributed by atoms with E-state index in [2.05, 4.69) is 14.9 Å². The van der Waals surface area contributed by atoms with Gasteiger partial charge in [-0.15, -0.1) is 11.3 Å². The Morgan fingerprint density at radius 1 is 1.21 bits per heavy atom. The van der Waals surface area contributed by atoms with E-state index < -0.39 is 10.0 Å².